The highest BCUT2D eigenvalue weighted by atomic mass is 35.5. The lowest BCUT2D eigenvalue weighted by atomic mass is 9.45. The largest absolute Gasteiger partial charge is 0.520 e. The lowest BCUT2D eigenvalue weighted by Crippen LogP contribution is -2.57. The molecule has 2 aromatic rings. The van der Waals surface area contributed by atoms with E-state index in [0.29, 0.717) is 39.3 Å². The topological polar surface area (TPSA) is 61.9 Å². The summed E-state index contributed by atoms with van der Waals surface area (Å²) in [6.45, 7) is 11.0. The van der Waals surface area contributed by atoms with Crippen molar-refractivity contribution in [3.8, 4) is 23.5 Å². The van der Waals surface area contributed by atoms with Crippen molar-refractivity contribution >= 4 is 35.1 Å². The number of ether oxygens (including phenoxy) is 4. The molecule has 1 aromatic heterocycles. The van der Waals surface area contributed by atoms with Crippen molar-refractivity contribution in [1.82, 2.24) is 4.48 Å². The number of alkyl halides is 1. The van der Waals surface area contributed by atoms with Crippen molar-refractivity contribution in [1.29, 1.82) is 0 Å². The van der Waals surface area contributed by atoms with Gasteiger partial charge in [0.2, 0.25) is 0 Å². The molecule has 0 atom stereocenters. The Balaban J connectivity index is 1.88. The Morgan fingerprint density at radius 3 is 2.11 bits per heavy atom. The number of fused-ring (bicyclic) bond motifs is 2. The third kappa shape index (κ3) is 7.13. The number of carbonyl (C=O) groups excluding carboxylic acids is 1. The minimum Gasteiger partial charge on any atom is -0.435 e. The van der Waals surface area contributed by atoms with Crippen LogP contribution in [-0.4, -0.2) is 86.6 Å². The van der Waals surface area contributed by atoms with Gasteiger partial charge in [-0.3, -0.25) is 4.79 Å². The van der Waals surface area contributed by atoms with Crippen molar-refractivity contribution < 1.29 is 28.2 Å². The first-order valence-corrected chi connectivity index (χ1v) is 15.5. The number of hydrogen-bond donors (Lipinski definition) is 0. The van der Waals surface area contributed by atoms with Crippen molar-refractivity contribution in [3.05, 3.63) is 75.8 Å². The number of nitrogens with zero attached hydrogens (tertiary/aromatic N) is 2. The van der Waals surface area contributed by atoms with Crippen molar-refractivity contribution in [3.63, 3.8) is 0 Å². The van der Waals surface area contributed by atoms with E-state index < -0.39 is 6.42 Å². The van der Waals surface area contributed by atoms with E-state index in [2.05, 4.69) is 96.5 Å². The van der Waals surface area contributed by atoms with Gasteiger partial charge in [-0.05, 0) is 55.6 Å². The normalized spacial score (nSPS) is 14.8. The number of halogens is 1. The third-order valence-corrected chi connectivity index (χ3v) is 8.26. The lowest BCUT2D eigenvalue weighted by molar-refractivity contribution is -0.329. The van der Waals surface area contributed by atoms with Crippen LogP contribution < -0.4 is 0 Å². The summed E-state index contributed by atoms with van der Waals surface area (Å²) < 4.78 is 26.4. The molecule has 0 spiro atoms. The summed E-state index contributed by atoms with van der Waals surface area (Å²) in [6, 6.07) is 10.7. The molecule has 0 saturated heterocycles. The Morgan fingerprint density at radius 1 is 0.932 bits per heavy atom. The molecule has 3 heterocycles. The van der Waals surface area contributed by atoms with E-state index in [0.717, 1.165) is 50.6 Å². The van der Waals surface area contributed by atoms with Gasteiger partial charge in [0.05, 0.1) is 37.9 Å². The summed E-state index contributed by atoms with van der Waals surface area (Å²) >= 11 is 5.72. The predicted molar refractivity (Wildman–Crippen MR) is 177 cm³/mol. The van der Waals surface area contributed by atoms with Crippen LogP contribution in [0, 0.1) is 37.3 Å². The molecule has 7 nitrogen and oxygen atoms in total. The SMILES string of the molecule is COCCOCC#C[B-]1(C#CCOCCOC)n2c(C)cc(C)c2C(c2ccc(CCC(=O)CCl)cc2)=C2C(C)=CC(C)=[N+]21. The van der Waals surface area contributed by atoms with Gasteiger partial charge in [-0.15, -0.1) is 23.4 Å². The van der Waals surface area contributed by atoms with Crippen LogP contribution in [0.25, 0.3) is 5.57 Å². The minimum atomic E-state index is -1.96. The number of aromatic nitrogens is 1. The number of rotatable bonds is 13. The molecule has 0 bridgehead atoms. The molecule has 9 heteroatoms. The second-order valence-corrected chi connectivity index (χ2v) is 11.4. The second-order valence-electron chi connectivity index (χ2n) is 11.1. The quantitative estimate of drug-likeness (QED) is 0.141. The van der Waals surface area contributed by atoms with Crippen LogP contribution in [0.3, 0.4) is 0 Å². The monoisotopic (exact) mass is 616 g/mol. The number of aryl methyl sites for hydroxylation is 3. The average Bonchev–Trinajstić information content (AvgIpc) is 3.49. The first-order chi connectivity index (χ1) is 21.3. The van der Waals surface area contributed by atoms with E-state index in [1.165, 1.54) is 0 Å². The van der Waals surface area contributed by atoms with E-state index in [1.54, 1.807) is 14.2 Å². The Morgan fingerprint density at radius 2 is 1.55 bits per heavy atom. The molecular formula is C35H42BClN2O5. The van der Waals surface area contributed by atoms with Gasteiger partial charge in [-0.25, -0.2) is 0 Å². The summed E-state index contributed by atoms with van der Waals surface area (Å²) in [5, 5.41) is 0. The van der Waals surface area contributed by atoms with Gasteiger partial charge >= 0.3 is 6.42 Å². The molecule has 2 aliphatic rings. The molecule has 0 fully saturated rings. The smallest absolute Gasteiger partial charge is 0.435 e. The third-order valence-electron chi connectivity index (χ3n) is 7.96. The molecule has 232 valence electrons. The molecular weight excluding hydrogens is 575 g/mol. The van der Waals surface area contributed by atoms with Crippen molar-refractivity contribution in [2.75, 3.05) is 59.7 Å². The molecule has 0 amide bonds. The zero-order valence-electron chi connectivity index (χ0n) is 26.7. The Bertz CT molecular complexity index is 1570. The zero-order chi connectivity index (χ0) is 31.7. The highest BCUT2D eigenvalue weighted by molar-refractivity contribution is 6.87. The maximum Gasteiger partial charge on any atom is 0.520 e. The maximum absolute atomic E-state index is 11.8. The first kappa shape index (κ1) is 33.5. The van der Waals surface area contributed by atoms with Crippen LogP contribution in [0.15, 0.2) is 47.7 Å². The second kappa shape index (κ2) is 15.6. The van der Waals surface area contributed by atoms with Gasteiger partial charge in [-0.2, -0.15) is 11.6 Å². The average molecular weight is 617 g/mol. The van der Waals surface area contributed by atoms with Crippen molar-refractivity contribution in [2.24, 2.45) is 0 Å². The molecule has 0 N–H and O–H groups in total. The van der Waals surface area contributed by atoms with Crippen LogP contribution in [0.5, 0.6) is 0 Å². The number of ketones is 1. The fourth-order valence-corrected chi connectivity index (χ4v) is 6.25. The molecule has 4 rings (SSSR count). The summed E-state index contributed by atoms with van der Waals surface area (Å²) in [4.78, 5) is 11.8. The molecule has 0 saturated carbocycles. The van der Waals surface area contributed by atoms with E-state index in [4.69, 9.17) is 30.5 Å². The molecule has 0 aliphatic carbocycles. The molecule has 0 unspecified atom stereocenters. The number of hydrogen-bond acceptors (Lipinski definition) is 5. The maximum atomic E-state index is 11.8. The number of methoxy groups -OCH3 is 2. The first-order valence-electron chi connectivity index (χ1n) is 15.0. The fourth-order valence-electron chi connectivity index (χ4n) is 6.12. The van der Waals surface area contributed by atoms with Gasteiger partial charge in [0.1, 0.15) is 24.7 Å². The molecule has 1 aromatic carbocycles. The highest BCUT2D eigenvalue weighted by Gasteiger charge is 2.50. The van der Waals surface area contributed by atoms with Gasteiger partial charge in [0, 0.05) is 44.9 Å². The Labute approximate surface area is 266 Å². The predicted octanol–water partition coefficient (Wildman–Crippen LogP) is 4.75. The molecule has 44 heavy (non-hydrogen) atoms. The summed E-state index contributed by atoms with van der Waals surface area (Å²) in [6.07, 6.45) is 1.36. The van der Waals surface area contributed by atoms with Crippen LogP contribution >= 0.6 is 11.6 Å². The molecule has 0 radical (unpaired) electrons. The van der Waals surface area contributed by atoms with Crippen molar-refractivity contribution in [2.45, 2.75) is 40.5 Å². The Kier molecular flexibility index (Phi) is 11.9. The fraction of sp³-hybridized carbons (Fsp3) is 0.429. The van der Waals surface area contributed by atoms with Crippen LogP contribution in [0.1, 0.15) is 48.3 Å². The van der Waals surface area contributed by atoms with Crippen LogP contribution in [0.4, 0.5) is 0 Å². The van der Waals surface area contributed by atoms with E-state index in [1.807, 2.05) is 0 Å². The van der Waals surface area contributed by atoms with Gasteiger partial charge in [0.25, 0.3) is 0 Å². The Hall–Kier alpha value is -3.37. The van der Waals surface area contributed by atoms with Gasteiger partial charge in [0.15, 0.2) is 5.70 Å². The van der Waals surface area contributed by atoms with Crippen LogP contribution in [0.2, 0.25) is 0 Å². The molecule has 2 aliphatic heterocycles. The van der Waals surface area contributed by atoms with Gasteiger partial charge in [-0.1, -0.05) is 24.3 Å². The van der Waals surface area contributed by atoms with Gasteiger partial charge < -0.3 is 27.9 Å². The number of benzene rings is 1. The summed E-state index contributed by atoms with van der Waals surface area (Å²) in [5.74, 6) is 13.9. The van der Waals surface area contributed by atoms with Crippen LogP contribution in [-0.2, 0) is 30.2 Å². The minimum absolute atomic E-state index is 0.0507. The van der Waals surface area contributed by atoms with E-state index in [9.17, 15) is 4.79 Å². The lowest BCUT2D eigenvalue weighted by Gasteiger charge is -2.39. The van der Waals surface area contributed by atoms with E-state index >= 15 is 0 Å². The van der Waals surface area contributed by atoms with E-state index in [-0.39, 0.29) is 24.9 Å². The number of carbonyl (C=O) groups is 1. The zero-order valence-corrected chi connectivity index (χ0v) is 27.5. The standard InChI is InChI=1S/C35H42BClN2O5/c1-26-23-28(3)38-34(26)33(31-12-9-30(10-13-31)11-14-32(40)25-37)35-27(2)24-29(4)39(35)36(38,15-7-17-43-21-19-41-5)16-8-18-44-22-20-42-6/h9-10,12-13,23-24H,11,14,17-22,25H2,1-6H3. The summed E-state index contributed by atoms with van der Waals surface area (Å²) in [5.41, 5.74) is 10.0. The highest BCUT2D eigenvalue weighted by Crippen LogP contribution is 2.43. The summed E-state index contributed by atoms with van der Waals surface area (Å²) in [7, 11) is 3.31. The number of allylic oxidation sites excluding steroid dienone is 2. The number of Topliss-reactive ketones (excluding diaryl/α,β-unsaturated/α-hetero) is 1.